The summed E-state index contributed by atoms with van der Waals surface area (Å²) in [6.07, 6.45) is 0. The number of halogens is 1. The van der Waals surface area contributed by atoms with Gasteiger partial charge < -0.3 is 9.55 Å². The first kappa shape index (κ1) is 12.9. The molecule has 0 saturated heterocycles. The fourth-order valence-corrected chi connectivity index (χ4v) is 3.73. The predicted molar refractivity (Wildman–Crippen MR) is 98.1 cm³/mol. The van der Waals surface area contributed by atoms with E-state index in [4.69, 9.17) is 0 Å². The molecule has 0 aliphatic carbocycles. The maximum absolute atomic E-state index is 4.66. The van der Waals surface area contributed by atoms with Gasteiger partial charge in [0, 0.05) is 16.5 Å². The number of para-hydroxylation sites is 2. The molecule has 2 aromatic heterocycles. The van der Waals surface area contributed by atoms with Crippen LogP contribution in [0.2, 0.25) is 0 Å². The van der Waals surface area contributed by atoms with Gasteiger partial charge in [-0.3, -0.25) is 0 Å². The van der Waals surface area contributed by atoms with Crippen LogP contribution in [0.5, 0.6) is 0 Å². The molecular formula is C19H12BrN3. The molecule has 5 rings (SSSR count). The number of H-pyrrole nitrogens is 1. The van der Waals surface area contributed by atoms with Crippen LogP contribution in [0, 0.1) is 0 Å². The Bertz CT molecular complexity index is 1170. The maximum Gasteiger partial charge on any atom is 0.175 e. The highest BCUT2D eigenvalue weighted by atomic mass is 79.9. The number of hydrogen-bond acceptors (Lipinski definition) is 1. The molecule has 1 N–H and O–H groups in total. The van der Waals surface area contributed by atoms with Crippen molar-refractivity contribution in [2.45, 2.75) is 0 Å². The quantitative estimate of drug-likeness (QED) is 0.424. The van der Waals surface area contributed by atoms with Crippen LogP contribution >= 0.6 is 15.9 Å². The SMILES string of the molecule is Brc1nc2c(ccc3c4ccccc4n(-c4ccccc4)c32)[nH]1. The summed E-state index contributed by atoms with van der Waals surface area (Å²) in [7, 11) is 0. The number of nitrogens with one attached hydrogen (secondary N) is 1. The molecule has 0 amide bonds. The Kier molecular flexibility index (Phi) is 2.64. The number of fused-ring (bicyclic) bond motifs is 5. The zero-order valence-electron chi connectivity index (χ0n) is 12.1. The number of benzene rings is 3. The van der Waals surface area contributed by atoms with Gasteiger partial charge in [0.15, 0.2) is 4.73 Å². The first-order valence-corrected chi connectivity index (χ1v) is 8.25. The van der Waals surface area contributed by atoms with E-state index in [0.717, 1.165) is 27.0 Å². The number of rotatable bonds is 1. The Morgan fingerprint density at radius 1 is 0.826 bits per heavy atom. The number of hydrogen-bond donors (Lipinski definition) is 1. The van der Waals surface area contributed by atoms with Crippen LogP contribution in [0.3, 0.4) is 0 Å². The lowest BCUT2D eigenvalue weighted by molar-refractivity contribution is 1.18. The summed E-state index contributed by atoms with van der Waals surface area (Å²) in [5, 5.41) is 2.46. The van der Waals surface area contributed by atoms with Gasteiger partial charge in [0.1, 0.15) is 5.52 Å². The third-order valence-corrected chi connectivity index (χ3v) is 4.65. The lowest BCUT2D eigenvalue weighted by Gasteiger charge is -2.07. The van der Waals surface area contributed by atoms with Gasteiger partial charge in [-0.15, -0.1) is 0 Å². The van der Waals surface area contributed by atoms with Crippen LogP contribution in [0.1, 0.15) is 0 Å². The summed E-state index contributed by atoms with van der Waals surface area (Å²) in [4.78, 5) is 7.93. The van der Waals surface area contributed by atoms with Gasteiger partial charge in [-0.2, -0.15) is 0 Å². The molecule has 0 fully saturated rings. The molecule has 0 aliphatic heterocycles. The number of aromatic nitrogens is 3. The molecule has 0 spiro atoms. The van der Waals surface area contributed by atoms with E-state index in [1.165, 1.54) is 16.3 Å². The second-order valence-corrected chi connectivity index (χ2v) is 6.32. The zero-order chi connectivity index (χ0) is 15.4. The third-order valence-electron chi connectivity index (χ3n) is 4.27. The van der Waals surface area contributed by atoms with Crippen LogP contribution in [0.25, 0.3) is 38.5 Å². The average molecular weight is 362 g/mol. The molecule has 0 atom stereocenters. The minimum atomic E-state index is 0.755. The van der Waals surface area contributed by atoms with Crippen LogP contribution in [-0.4, -0.2) is 14.5 Å². The van der Waals surface area contributed by atoms with E-state index in [1.807, 2.05) is 6.07 Å². The predicted octanol–water partition coefficient (Wildman–Crippen LogP) is 5.42. The van der Waals surface area contributed by atoms with E-state index in [2.05, 4.69) is 91.1 Å². The third kappa shape index (κ3) is 1.79. The summed E-state index contributed by atoms with van der Waals surface area (Å²) >= 11 is 3.46. The van der Waals surface area contributed by atoms with Crippen molar-refractivity contribution in [2.75, 3.05) is 0 Å². The molecule has 110 valence electrons. The molecule has 4 heteroatoms. The van der Waals surface area contributed by atoms with Crippen molar-refractivity contribution in [1.29, 1.82) is 0 Å². The average Bonchev–Trinajstić information content (AvgIpc) is 3.12. The molecule has 0 aliphatic rings. The van der Waals surface area contributed by atoms with E-state index in [1.54, 1.807) is 0 Å². The summed E-state index contributed by atoms with van der Waals surface area (Å²) in [6.45, 7) is 0. The van der Waals surface area contributed by atoms with E-state index in [9.17, 15) is 0 Å². The van der Waals surface area contributed by atoms with E-state index in [0.29, 0.717) is 0 Å². The second-order valence-electron chi connectivity index (χ2n) is 5.57. The maximum atomic E-state index is 4.66. The van der Waals surface area contributed by atoms with Crippen molar-refractivity contribution in [3.8, 4) is 5.69 Å². The highest BCUT2D eigenvalue weighted by molar-refractivity contribution is 9.10. The Balaban J connectivity index is 2.09. The fraction of sp³-hybridized carbons (Fsp3) is 0. The molecule has 2 heterocycles. The second kappa shape index (κ2) is 4.70. The van der Waals surface area contributed by atoms with Crippen molar-refractivity contribution in [2.24, 2.45) is 0 Å². The largest absolute Gasteiger partial charge is 0.332 e. The minimum absolute atomic E-state index is 0.755. The minimum Gasteiger partial charge on any atom is -0.332 e. The zero-order valence-corrected chi connectivity index (χ0v) is 13.7. The first-order valence-electron chi connectivity index (χ1n) is 7.46. The van der Waals surface area contributed by atoms with Crippen LogP contribution in [-0.2, 0) is 0 Å². The summed E-state index contributed by atoms with van der Waals surface area (Å²) in [5.74, 6) is 0. The van der Waals surface area contributed by atoms with Crippen LogP contribution in [0.15, 0.2) is 71.5 Å². The van der Waals surface area contributed by atoms with E-state index in [-0.39, 0.29) is 0 Å². The summed E-state index contributed by atoms with van der Waals surface area (Å²) in [5.41, 5.74) is 5.49. The van der Waals surface area contributed by atoms with Crippen molar-refractivity contribution in [1.82, 2.24) is 14.5 Å². The first-order chi connectivity index (χ1) is 11.3. The van der Waals surface area contributed by atoms with Crippen molar-refractivity contribution >= 4 is 48.8 Å². The molecule has 23 heavy (non-hydrogen) atoms. The molecule has 0 unspecified atom stereocenters. The number of aromatic amines is 1. The molecule has 5 aromatic rings. The molecular weight excluding hydrogens is 350 g/mol. The molecule has 0 bridgehead atoms. The van der Waals surface area contributed by atoms with E-state index >= 15 is 0 Å². The Morgan fingerprint density at radius 3 is 2.48 bits per heavy atom. The lowest BCUT2D eigenvalue weighted by Crippen LogP contribution is -1.93. The molecule has 0 saturated carbocycles. The topological polar surface area (TPSA) is 33.6 Å². The van der Waals surface area contributed by atoms with Crippen molar-refractivity contribution in [3.63, 3.8) is 0 Å². The highest BCUT2D eigenvalue weighted by Crippen LogP contribution is 2.35. The molecule has 3 nitrogen and oxygen atoms in total. The van der Waals surface area contributed by atoms with E-state index < -0.39 is 0 Å². The Hall–Kier alpha value is -2.59. The summed E-state index contributed by atoms with van der Waals surface area (Å²) in [6, 6.07) is 23.2. The van der Waals surface area contributed by atoms with Crippen molar-refractivity contribution < 1.29 is 0 Å². The molecule has 3 aromatic carbocycles. The normalized spacial score (nSPS) is 11.7. The van der Waals surface area contributed by atoms with Gasteiger partial charge in [0.25, 0.3) is 0 Å². The van der Waals surface area contributed by atoms with Gasteiger partial charge in [-0.1, -0.05) is 36.4 Å². The number of nitrogens with zero attached hydrogens (tertiary/aromatic N) is 2. The smallest absolute Gasteiger partial charge is 0.175 e. The fourth-order valence-electron chi connectivity index (χ4n) is 3.34. The Labute approximate surface area is 140 Å². The number of imidazole rings is 1. The van der Waals surface area contributed by atoms with Crippen LogP contribution in [0.4, 0.5) is 0 Å². The van der Waals surface area contributed by atoms with Gasteiger partial charge in [0.05, 0.1) is 16.6 Å². The standard InChI is InChI=1S/C19H12BrN3/c20-19-21-15-11-10-14-13-8-4-5-9-16(13)23(18(14)17(15)22-19)12-6-2-1-3-7-12/h1-11H,(H,21,22). The van der Waals surface area contributed by atoms with Gasteiger partial charge in [-0.25, -0.2) is 4.98 Å². The summed E-state index contributed by atoms with van der Waals surface area (Å²) < 4.78 is 3.05. The highest BCUT2D eigenvalue weighted by Gasteiger charge is 2.16. The van der Waals surface area contributed by atoms with Gasteiger partial charge in [0.2, 0.25) is 0 Å². The van der Waals surface area contributed by atoms with Crippen molar-refractivity contribution in [3.05, 3.63) is 71.5 Å². The monoisotopic (exact) mass is 361 g/mol. The van der Waals surface area contributed by atoms with Gasteiger partial charge in [-0.05, 0) is 46.3 Å². The molecule has 0 radical (unpaired) electrons. The lowest BCUT2D eigenvalue weighted by atomic mass is 10.1. The van der Waals surface area contributed by atoms with Crippen LogP contribution < -0.4 is 0 Å². The Morgan fingerprint density at radius 2 is 1.61 bits per heavy atom. The van der Waals surface area contributed by atoms with Gasteiger partial charge >= 0.3 is 0 Å².